The van der Waals surface area contributed by atoms with Crippen LogP contribution in [-0.4, -0.2) is 35.3 Å². The molecule has 1 aromatic heterocycles. The van der Waals surface area contributed by atoms with Gasteiger partial charge >= 0.3 is 11.8 Å². The van der Waals surface area contributed by atoms with Gasteiger partial charge in [0.05, 0.1) is 5.69 Å². The first-order valence-corrected chi connectivity index (χ1v) is 9.17. The van der Waals surface area contributed by atoms with E-state index in [1.54, 1.807) is 0 Å². The summed E-state index contributed by atoms with van der Waals surface area (Å²) in [4.78, 5) is 32.3. The van der Waals surface area contributed by atoms with E-state index in [4.69, 9.17) is 0 Å². The van der Waals surface area contributed by atoms with E-state index in [-0.39, 0.29) is 0 Å². The molecule has 0 bridgehead atoms. The number of carbonyl (C=O) groups excluding carboxylic acids is 2. The smallest absolute Gasteiger partial charge is 0.315 e. The van der Waals surface area contributed by atoms with Gasteiger partial charge in [-0.05, 0) is 31.5 Å². The Kier molecular flexibility index (Phi) is 5.15. The number of nitrogens with zero attached hydrogens (tertiary/aromatic N) is 2. The van der Waals surface area contributed by atoms with Gasteiger partial charge in [0.25, 0.3) is 0 Å². The van der Waals surface area contributed by atoms with Crippen LogP contribution >= 0.6 is 11.3 Å². The number of thiazole rings is 1. The summed E-state index contributed by atoms with van der Waals surface area (Å²) < 4.78 is 0. The molecular formula is C18H22N4O2S. The van der Waals surface area contributed by atoms with Crippen molar-refractivity contribution in [3.8, 4) is 0 Å². The molecule has 1 aliphatic heterocycles. The van der Waals surface area contributed by atoms with Gasteiger partial charge in [0, 0.05) is 30.1 Å². The zero-order valence-electron chi connectivity index (χ0n) is 14.7. The molecule has 2 amide bonds. The maximum Gasteiger partial charge on any atom is 0.315 e. The molecule has 0 radical (unpaired) electrons. The molecule has 132 valence electrons. The van der Waals surface area contributed by atoms with Gasteiger partial charge in [-0.15, -0.1) is 11.3 Å². The summed E-state index contributed by atoms with van der Waals surface area (Å²) >= 11 is 1.44. The third-order valence-corrected chi connectivity index (χ3v) is 5.33. The second kappa shape index (κ2) is 7.33. The highest BCUT2D eigenvalue weighted by atomic mass is 32.1. The Balaban J connectivity index is 1.69. The summed E-state index contributed by atoms with van der Waals surface area (Å²) in [5, 5.41) is 5.85. The molecule has 0 saturated heterocycles. The van der Waals surface area contributed by atoms with E-state index in [0.29, 0.717) is 10.8 Å². The zero-order valence-corrected chi connectivity index (χ0v) is 15.5. The van der Waals surface area contributed by atoms with Crippen LogP contribution in [0.5, 0.6) is 0 Å². The van der Waals surface area contributed by atoms with Crippen molar-refractivity contribution in [3.63, 3.8) is 0 Å². The third kappa shape index (κ3) is 3.88. The van der Waals surface area contributed by atoms with Gasteiger partial charge in [-0.2, -0.15) is 0 Å². The number of carbonyl (C=O) groups is 2. The number of rotatable bonds is 3. The highest BCUT2D eigenvalue weighted by molar-refractivity contribution is 7.16. The van der Waals surface area contributed by atoms with Gasteiger partial charge in [-0.25, -0.2) is 4.98 Å². The van der Waals surface area contributed by atoms with Crippen molar-refractivity contribution in [2.24, 2.45) is 0 Å². The summed E-state index contributed by atoms with van der Waals surface area (Å²) in [6, 6.07) is 5.81. The van der Waals surface area contributed by atoms with Crippen molar-refractivity contribution in [2.75, 3.05) is 24.2 Å². The quantitative estimate of drug-likeness (QED) is 0.827. The lowest BCUT2D eigenvalue weighted by Gasteiger charge is -2.20. The van der Waals surface area contributed by atoms with Crippen molar-refractivity contribution < 1.29 is 9.59 Å². The fourth-order valence-electron chi connectivity index (χ4n) is 2.90. The maximum absolute atomic E-state index is 12.3. The zero-order chi connectivity index (χ0) is 18.0. The van der Waals surface area contributed by atoms with Gasteiger partial charge in [0.15, 0.2) is 5.13 Å². The lowest BCUT2D eigenvalue weighted by atomic mass is 10.1. The SMILES string of the molecule is CCc1cccc(C)c1NC(=O)C(=O)Nc1nc2c(s1)CN(C)CC2. The van der Waals surface area contributed by atoms with Gasteiger partial charge in [-0.1, -0.05) is 25.1 Å². The largest absolute Gasteiger partial charge is 0.317 e. The minimum atomic E-state index is -0.690. The number of likely N-dealkylation sites (N-methyl/N-ethyl adjacent to an activating group) is 1. The van der Waals surface area contributed by atoms with Crippen LogP contribution in [0.2, 0.25) is 0 Å². The fraction of sp³-hybridized carbons (Fsp3) is 0.389. The molecule has 0 atom stereocenters. The van der Waals surface area contributed by atoms with Crippen LogP contribution in [-0.2, 0) is 29.0 Å². The van der Waals surface area contributed by atoms with Crippen molar-refractivity contribution in [1.82, 2.24) is 9.88 Å². The minimum Gasteiger partial charge on any atom is -0.317 e. The van der Waals surface area contributed by atoms with Gasteiger partial charge in [0.1, 0.15) is 0 Å². The summed E-state index contributed by atoms with van der Waals surface area (Å²) in [5.41, 5.74) is 3.68. The van der Waals surface area contributed by atoms with Crippen molar-refractivity contribution in [3.05, 3.63) is 39.9 Å². The van der Waals surface area contributed by atoms with Crippen LogP contribution in [0.15, 0.2) is 18.2 Å². The predicted molar refractivity (Wildman–Crippen MR) is 100.0 cm³/mol. The third-order valence-electron chi connectivity index (χ3n) is 4.33. The van der Waals surface area contributed by atoms with Gasteiger partial charge in [0.2, 0.25) is 0 Å². The van der Waals surface area contributed by atoms with Crippen molar-refractivity contribution in [1.29, 1.82) is 0 Å². The number of amides is 2. The van der Waals surface area contributed by atoms with Crippen LogP contribution in [0.25, 0.3) is 0 Å². The molecule has 0 fully saturated rings. The van der Waals surface area contributed by atoms with Gasteiger partial charge < -0.3 is 10.2 Å². The molecule has 0 unspecified atom stereocenters. The molecule has 0 saturated carbocycles. The van der Waals surface area contributed by atoms with Crippen molar-refractivity contribution >= 4 is 34.0 Å². The molecule has 1 aromatic carbocycles. The second-order valence-electron chi connectivity index (χ2n) is 6.25. The standard InChI is InChI=1S/C18H22N4O2S/c1-4-12-7-5-6-11(2)15(12)20-16(23)17(24)21-18-19-13-8-9-22(3)10-14(13)25-18/h5-7H,4,8-10H2,1-3H3,(H,20,23)(H,19,21,24). The molecule has 1 aliphatic rings. The van der Waals surface area contributed by atoms with Crippen LogP contribution < -0.4 is 10.6 Å². The molecule has 2 N–H and O–H groups in total. The summed E-state index contributed by atoms with van der Waals surface area (Å²) in [6.45, 7) is 5.72. The average molecular weight is 358 g/mol. The summed E-state index contributed by atoms with van der Waals surface area (Å²) in [7, 11) is 2.06. The number of aryl methyl sites for hydroxylation is 2. The Morgan fingerprint density at radius 2 is 2.04 bits per heavy atom. The van der Waals surface area contributed by atoms with E-state index in [9.17, 15) is 9.59 Å². The Morgan fingerprint density at radius 3 is 2.80 bits per heavy atom. The number of nitrogens with one attached hydrogen (secondary N) is 2. The molecule has 3 rings (SSSR count). The second-order valence-corrected chi connectivity index (χ2v) is 7.33. The van der Waals surface area contributed by atoms with Crippen LogP contribution in [0.4, 0.5) is 10.8 Å². The molecular weight excluding hydrogens is 336 g/mol. The molecule has 2 heterocycles. The maximum atomic E-state index is 12.3. The first-order chi connectivity index (χ1) is 12.0. The van der Waals surface area contributed by atoms with Crippen LogP contribution in [0, 0.1) is 6.92 Å². The minimum absolute atomic E-state index is 0.487. The van der Waals surface area contributed by atoms with E-state index in [2.05, 4.69) is 27.6 Å². The highest BCUT2D eigenvalue weighted by Crippen LogP contribution is 2.27. The lowest BCUT2D eigenvalue weighted by molar-refractivity contribution is -0.133. The average Bonchev–Trinajstić information content (AvgIpc) is 2.97. The summed E-state index contributed by atoms with van der Waals surface area (Å²) in [5.74, 6) is -1.36. The monoisotopic (exact) mass is 358 g/mol. The first kappa shape index (κ1) is 17.6. The first-order valence-electron chi connectivity index (χ1n) is 8.36. The van der Waals surface area contributed by atoms with Gasteiger partial charge in [-0.3, -0.25) is 14.9 Å². The molecule has 0 spiro atoms. The normalized spacial score (nSPS) is 14.0. The van der Waals surface area contributed by atoms with Crippen molar-refractivity contribution in [2.45, 2.75) is 33.2 Å². The molecule has 6 nitrogen and oxygen atoms in total. The molecule has 0 aliphatic carbocycles. The number of aromatic nitrogens is 1. The van der Waals surface area contributed by atoms with E-state index >= 15 is 0 Å². The number of hydrogen-bond donors (Lipinski definition) is 2. The number of hydrogen-bond acceptors (Lipinski definition) is 5. The van der Waals surface area contributed by atoms with E-state index in [1.165, 1.54) is 11.3 Å². The molecule has 2 aromatic rings. The number of benzene rings is 1. The van der Waals surface area contributed by atoms with E-state index < -0.39 is 11.8 Å². The Morgan fingerprint density at radius 1 is 1.28 bits per heavy atom. The number of fused-ring (bicyclic) bond motifs is 1. The Labute approximate surface area is 151 Å². The summed E-state index contributed by atoms with van der Waals surface area (Å²) in [6.07, 6.45) is 1.65. The van der Waals surface area contributed by atoms with E-state index in [1.807, 2.05) is 32.0 Å². The lowest BCUT2D eigenvalue weighted by Crippen LogP contribution is -2.29. The highest BCUT2D eigenvalue weighted by Gasteiger charge is 2.22. The van der Waals surface area contributed by atoms with Crippen LogP contribution in [0.3, 0.4) is 0 Å². The number of anilines is 2. The predicted octanol–water partition coefficient (Wildman–Crippen LogP) is 2.58. The Bertz CT molecular complexity index is 815. The fourth-order valence-corrected chi connectivity index (χ4v) is 3.99. The topological polar surface area (TPSA) is 74.3 Å². The molecule has 25 heavy (non-hydrogen) atoms. The van der Waals surface area contributed by atoms with Crippen LogP contribution in [0.1, 0.15) is 28.6 Å². The Hall–Kier alpha value is -2.25. The molecule has 7 heteroatoms. The number of para-hydroxylation sites is 1. The van der Waals surface area contributed by atoms with E-state index in [0.717, 1.165) is 47.6 Å².